The molecule has 0 aromatic carbocycles. The molecule has 1 aliphatic heterocycles. The van der Waals surface area contributed by atoms with Crippen LogP contribution in [0.5, 0.6) is 0 Å². The summed E-state index contributed by atoms with van der Waals surface area (Å²) in [6.07, 6.45) is 16.0. The first-order chi connectivity index (χ1) is 8.39. The lowest BCUT2D eigenvalue weighted by molar-refractivity contribution is -0.119. The van der Waals surface area contributed by atoms with E-state index >= 15 is 0 Å². The summed E-state index contributed by atoms with van der Waals surface area (Å²) in [4.78, 5) is 11.5. The molecule has 1 aliphatic rings. The van der Waals surface area contributed by atoms with Gasteiger partial charge in [0.2, 0.25) is 0 Å². The average molecular weight is 254 g/mol. The maximum atomic E-state index is 11.5. The molecule has 0 aliphatic carbocycles. The minimum absolute atomic E-state index is 0.464. The predicted molar refractivity (Wildman–Crippen MR) is 77.6 cm³/mol. The van der Waals surface area contributed by atoms with Gasteiger partial charge in [-0.3, -0.25) is 4.79 Å². The Kier molecular flexibility index (Phi) is 9.49. The van der Waals surface area contributed by atoms with Crippen molar-refractivity contribution in [1.82, 2.24) is 0 Å². The summed E-state index contributed by atoms with van der Waals surface area (Å²) < 4.78 is 0. The van der Waals surface area contributed by atoms with Crippen molar-refractivity contribution in [2.24, 2.45) is 0 Å². The maximum absolute atomic E-state index is 11.5. The molecule has 0 fully saturated rings. The fourth-order valence-electron chi connectivity index (χ4n) is 2.07. The Labute approximate surface area is 110 Å². The standard InChI is InChI=1S/C15H26OS/c16-15-11-8-6-4-2-1-3-5-7-9-13-17-14-10-12-15/h2,4H,1,3,5-14H2. The molecule has 0 unspecified atom stereocenters. The van der Waals surface area contributed by atoms with Gasteiger partial charge in [0, 0.05) is 12.8 Å². The van der Waals surface area contributed by atoms with Crippen LogP contribution in [0.1, 0.15) is 64.2 Å². The Morgan fingerprint density at radius 3 is 2.29 bits per heavy atom. The number of thioether (sulfide) groups is 1. The van der Waals surface area contributed by atoms with Crippen LogP contribution in [0, 0.1) is 0 Å². The molecule has 0 spiro atoms. The number of carbonyl (C=O) groups is 1. The molecular weight excluding hydrogens is 228 g/mol. The normalized spacial score (nSPS) is 22.5. The molecule has 0 amide bonds. The van der Waals surface area contributed by atoms with Crippen molar-refractivity contribution in [1.29, 1.82) is 0 Å². The molecule has 0 bridgehead atoms. The van der Waals surface area contributed by atoms with Crippen molar-refractivity contribution in [3.63, 3.8) is 0 Å². The van der Waals surface area contributed by atoms with Crippen LogP contribution in [0.4, 0.5) is 0 Å². The van der Waals surface area contributed by atoms with E-state index in [4.69, 9.17) is 0 Å². The Hall–Kier alpha value is -0.240. The van der Waals surface area contributed by atoms with Gasteiger partial charge in [0.05, 0.1) is 0 Å². The van der Waals surface area contributed by atoms with Crippen molar-refractivity contribution in [3.8, 4) is 0 Å². The molecule has 98 valence electrons. The highest BCUT2D eigenvalue weighted by atomic mass is 32.2. The molecule has 0 saturated carbocycles. The third kappa shape index (κ3) is 9.46. The first kappa shape index (κ1) is 14.8. The van der Waals surface area contributed by atoms with E-state index in [0.29, 0.717) is 5.78 Å². The van der Waals surface area contributed by atoms with E-state index in [0.717, 1.165) is 32.1 Å². The van der Waals surface area contributed by atoms with E-state index in [1.54, 1.807) is 0 Å². The molecule has 0 radical (unpaired) electrons. The molecule has 0 aromatic rings. The van der Waals surface area contributed by atoms with Crippen LogP contribution < -0.4 is 0 Å². The van der Waals surface area contributed by atoms with Gasteiger partial charge in [-0.05, 0) is 50.0 Å². The molecule has 1 nitrogen and oxygen atoms in total. The molecule has 0 aromatic heterocycles. The third-order valence-corrected chi connectivity index (χ3v) is 4.30. The predicted octanol–water partition coefficient (Wildman–Crippen LogP) is 4.76. The summed E-state index contributed by atoms with van der Waals surface area (Å²) in [5, 5.41) is 0. The first-order valence-electron chi connectivity index (χ1n) is 7.14. The second kappa shape index (κ2) is 10.9. The van der Waals surface area contributed by atoms with Crippen LogP contribution in [-0.4, -0.2) is 17.3 Å². The van der Waals surface area contributed by atoms with Crippen molar-refractivity contribution in [3.05, 3.63) is 12.2 Å². The number of allylic oxidation sites excluding steroid dienone is 2. The lowest BCUT2D eigenvalue weighted by Crippen LogP contribution is -1.98. The Morgan fingerprint density at radius 1 is 0.765 bits per heavy atom. The maximum Gasteiger partial charge on any atom is 0.132 e. The summed E-state index contributed by atoms with van der Waals surface area (Å²) in [5.41, 5.74) is 0. The zero-order valence-corrected chi connectivity index (χ0v) is 11.8. The zero-order chi connectivity index (χ0) is 12.2. The van der Waals surface area contributed by atoms with E-state index in [1.165, 1.54) is 43.6 Å². The van der Waals surface area contributed by atoms with Crippen LogP contribution in [0.3, 0.4) is 0 Å². The minimum atomic E-state index is 0.464. The Bertz CT molecular complexity index is 223. The van der Waals surface area contributed by atoms with Gasteiger partial charge in [0.15, 0.2) is 0 Å². The Balaban J connectivity index is 2.19. The van der Waals surface area contributed by atoms with Gasteiger partial charge in [0.25, 0.3) is 0 Å². The number of rotatable bonds is 0. The van der Waals surface area contributed by atoms with Gasteiger partial charge >= 0.3 is 0 Å². The first-order valence-corrected chi connectivity index (χ1v) is 8.29. The van der Waals surface area contributed by atoms with Gasteiger partial charge in [0.1, 0.15) is 5.78 Å². The van der Waals surface area contributed by atoms with Crippen molar-refractivity contribution >= 4 is 17.5 Å². The molecule has 0 saturated heterocycles. The highest BCUT2D eigenvalue weighted by Crippen LogP contribution is 2.12. The van der Waals surface area contributed by atoms with Gasteiger partial charge in [-0.2, -0.15) is 11.8 Å². The topological polar surface area (TPSA) is 17.1 Å². The van der Waals surface area contributed by atoms with Crippen LogP contribution in [0.25, 0.3) is 0 Å². The average Bonchev–Trinajstić information content (AvgIpc) is 2.32. The van der Waals surface area contributed by atoms with E-state index in [2.05, 4.69) is 12.2 Å². The fourth-order valence-corrected chi connectivity index (χ4v) is 3.03. The van der Waals surface area contributed by atoms with Gasteiger partial charge in [-0.25, -0.2) is 0 Å². The van der Waals surface area contributed by atoms with Crippen molar-refractivity contribution in [2.75, 3.05) is 11.5 Å². The number of Topliss-reactive ketones (excluding diaryl/α,β-unsaturated/α-hetero) is 1. The Morgan fingerprint density at radius 2 is 1.41 bits per heavy atom. The number of hydrogen-bond acceptors (Lipinski definition) is 2. The highest BCUT2D eigenvalue weighted by Gasteiger charge is 2.01. The summed E-state index contributed by atoms with van der Waals surface area (Å²) in [6.45, 7) is 0. The molecule has 1 heterocycles. The molecular formula is C15H26OS. The zero-order valence-electron chi connectivity index (χ0n) is 11.0. The number of hydrogen-bond donors (Lipinski definition) is 0. The van der Waals surface area contributed by atoms with Gasteiger partial charge < -0.3 is 0 Å². The van der Waals surface area contributed by atoms with Gasteiger partial charge in [-0.15, -0.1) is 0 Å². The summed E-state index contributed by atoms with van der Waals surface area (Å²) in [5.74, 6) is 2.92. The SMILES string of the molecule is O=C1CCCC=CCCCCCCSCCC1. The van der Waals surface area contributed by atoms with E-state index in [9.17, 15) is 4.79 Å². The van der Waals surface area contributed by atoms with Crippen LogP contribution >= 0.6 is 11.8 Å². The van der Waals surface area contributed by atoms with Gasteiger partial charge in [-0.1, -0.05) is 25.0 Å². The number of ketones is 1. The summed E-state index contributed by atoms with van der Waals surface area (Å²) in [6, 6.07) is 0. The third-order valence-electron chi connectivity index (χ3n) is 3.15. The summed E-state index contributed by atoms with van der Waals surface area (Å²) in [7, 11) is 0. The second-order valence-electron chi connectivity index (χ2n) is 4.82. The molecule has 2 heteroatoms. The molecule has 0 N–H and O–H groups in total. The van der Waals surface area contributed by atoms with E-state index in [1.807, 2.05) is 11.8 Å². The second-order valence-corrected chi connectivity index (χ2v) is 6.05. The van der Waals surface area contributed by atoms with Crippen molar-refractivity contribution < 1.29 is 4.79 Å². The lowest BCUT2D eigenvalue weighted by atomic mass is 10.1. The van der Waals surface area contributed by atoms with E-state index < -0.39 is 0 Å². The fraction of sp³-hybridized carbons (Fsp3) is 0.800. The lowest BCUT2D eigenvalue weighted by Gasteiger charge is -2.03. The largest absolute Gasteiger partial charge is 0.300 e. The van der Waals surface area contributed by atoms with Crippen LogP contribution in [0.2, 0.25) is 0 Å². The highest BCUT2D eigenvalue weighted by molar-refractivity contribution is 7.99. The minimum Gasteiger partial charge on any atom is -0.300 e. The quantitative estimate of drug-likeness (QED) is 0.580. The smallest absolute Gasteiger partial charge is 0.132 e. The number of carbonyl (C=O) groups excluding carboxylic acids is 1. The van der Waals surface area contributed by atoms with Crippen LogP contribution in [0.15, 0.2) is 12.2 Å². The van der Waals surface area contributed by atoms with Crippen molar-refractivity contribution in [2.45, 2.75) is 64.2 Å². The molecule has 0 atom stereocenters. The van der Waals surface area contributed by atoms with Crippen LogP contribution in [-0.2, 0) is 4.79 Å². The molecule has 17 heavy (non-hydrogen) atoms. The molecule has 1 rings (SSSR count). The monoisotopic (exact) mass is 254 g/mol. The van der Waals surface area contributed by atoms with E-state index in [-0.39, 0.29) is 0 Å². The summed E-state index contributed by atoms with van der Waals surface area (Å²) >= 11 is 2.02.